The van der Waals surface area contributed by atoms with Crippen molar-refractivity contribution in [3.05, 3.63) is 18.2 Å². The standard InChI is InChI=1S/C11H19N5O/c1-12-11(17)9-7-16(6-5-15(9)2)8-10-13-3-4-14-10/h3-4,9H,5-8H2,1-2H3,(H,12,17)(H,13,14)/t9-/m1/s1. The maximum absolute atomic E-state index is 11.7. The quantitative estimate of drug-likeness (QED) is 0.727. The minimum atomic E-state index is -0.0660. The number of nitrogens with one attached hydrogen (secondary N) is 2. The van der Waals surface area contributed by atoms with Crippen LogP contribution in [-0.4, -0.2) is 65.4 Å². The first-order valence-electron chi connectivity index (χ1n) is 5.83. The smallest absolute Gasteiger partial charge is 0.238 e. The molecule has 1 fully saturated rings. The molecule has 1 aromatic rings. The summed E-state index contributed by atoms with van der Waals surface area (Å²) in [7, 11) is 3.67. The van der Waals surface area contributed by atoms with Crippen LogP contribution in [-0.2, 0) is 11.3 Å². The number of hydrogen-bond donors (Lipinski definition) is 2. The second-order valence-electron chi connectivity index (χ2n) is 4.38. The normalized spacial score (nSPS) is 22.6. The van der Waals surface area contributed by atoms with E-state index < -0.39 is 0 Å². The Balaban J connectivity index is 1.95. The van der Waals surface area contributed by atoms with E-state index in [4.69, 9.17) is 0 Å². The molecule has 0 bridgehead atoms. The first-order chi connectivity index (χ1) is 8.20. The Morgan fingerprint density at radius 2 is 2.47 bits per heavy atom. The molecule has 1 amide bonds. The van der Waals surface area contributed by atoms with Crippen LogP contribution < -0.4 is 5.32 Å². The predicted octanol–water partition coefficient (Wildman–Crippen LogP) is -0.728. The van der Waals surface area contributed by atoms with Crippen LogP contribution >= 0.6 is 0 Å². The molecule has 1 aromatic heterocycles. The van der Waals surface area contributed by atoms with Gasteiger partial charge in [0.1, 0.15) is 11.9 Å². The minimum absolute atomic E-state index is 0.0660. The van der Waals surface area contributed by atoms with Gasteiger partial charge < -0.3 is 10.3 Å². The van der Waals surface area contributed by atoms with Gasteiger partial charge >= 0.3 is 0 Å². The summed E-state index contributed by atoms with van der Waals surface area (Å²) in [5, 5.41) is 2.71. The summed E-state index contributed by atoms with van der Waals surface area (Å²) in [6.07, 6.45) is 3.57. The third kappa shape index (κ3) is 2.83. The summed E-state index contributed by atoms with van der Waals surface area (Å²) in [5.41, 5.74) is 0. The Bertz CT molecular complexity index is 364. The lowest BCUT2D eigenvalue weighted by Gasteiger charge is -2.37. The van der Waals surface area contributed by atoms with Gasteiger partial charge in [-0.15, -0.1) is 0 Å². The van der Waals surface area contributed by atoms with E-state index in [2.05, 4.69) is 25.1 Å². The molecule has 0 aromatic carbocycles. The van der Waals surface area contributed by atoms with Crippen LogP contribution in [0, 0.1) is 0 Å². The van der Waals surface area contributed by atoms with E-state index in [1.165, 1.54) is 0 Å². The van der Waals surface area contributed by atoms with Gasteiger partial charge in [0.05, 0.1) is 6.54 Å². The fourth-order valence-electron chi connectivity index (χ4n) is 2.12. The van der Waals surface area contributed by atoms with Gasteiger partial charge in [-0.3, -0.25) is 14.6 Å². The van der Waals surface area contributed by atoms with Gasteiger partial charge in [0.2, 0.25) is 5.91 Å². The average Bonchev–Trinajstić information content (AvgIpc) is 2.83. The van der Waals surface area contributed by atoms with Gasteiger partial charge in [0, 0.05) is 39.1 Å². The van der Waals surface area contributed by atoms with Gasteiger partial charge in [-0.2, -0.15) is 0 Å². The lowest BCUT2D eigenvalue weighted by molar-refractivity contribution is -0.127. The highest BCUT2D eigenvalue weighted by molar-refractivity contribution is 5.81. The second-order valence-corrected chi connectivity index (χ2v) is 4.38. The fraction of sp³-hybridized carbons (Fsp3) is 0.636. The molecule has 6 nitrogen and oxygen atoms in total. The highest BCUT2D eigenvalue weighted by atomic mass is 16.2. The Kier molecular flexibility index (Phi) is 3.75. The Hall–Kier alpha value is -1.40. The highest BCUT2D eigenvalue weighted by Crippen LogP contribution is 2.10. The SMILES string of the molecule is CNC(=O)[C@H]1CN(Cc2ncc[nH]2)CCN1C. The van der Waals surface area contributed by atoms with E-state index in [-0.39, 0.29) is 11.9 Å². The molecule has 17 heavy (non-hydrogen) atoms. The molecule has 1 atom stereocenters. The number of imidazole rings is 1. The van der Waals surface area contributed by atoms with Crippen molar-refractivity contribution >= 4 is 5.91 Å². The molecular formula is C11H19N5O. The molecular weight excluding hydrogens is 218 g/mol. The Labute approximate surface area is 101 Å². The first kappa shape index (κ1) is 12.1. The number of rotatable bonds is 3. The number of piperazine rings is 1. The van der Waals surface area contributed by atoms with Crippen LogP contribution in [0.2, 0.25) is 0 Å². The van der Waals surface area contributed by atoms with Crippen LogP contribution in [0.5, 0.6) is 0 Å². The third-order valence-electron chi connectivity index (χ3n) is 3.21. The van der Waals surface area contributed by atoms with E-state index in [0.717, 1.165) is 32.0 Å². The first-order valence-corrected chi connectivity index (χ1v) is 5.83. The number of aromatic nitrogens is 2. The summed E-state index contributed by atoms with van der Waals surface area (Å²) in [4.78, 5) is 23.4. The van der Waals surface area contributed by atoms with Crippen molar-refractivity contribution in [2.24, 2.45) is 0 Å². The molecule has 1 aliphatic heterocycles. The fourth-order valence-corrected chi connectivity index (χ4v) is 2.12. The van der Waals surface area contributed by atoms with Crippen molar-refractivity contribution in [3.63, 3.8) is 0 Å². The zero-order valence-corrected chi connectivity index (χ0v) is 10.3. The van der Waals surface area contributed by atoms with E-state index in [1.807, 2.05) is 13.2 Å². The van der Waals surface area contributed by atoms with Gasteiger partial charge in [-0.25, -0.2) is 4.98 Å². The number of carbonyl (C=O) groups is 1. The number of carbonyl (C=O) groups excluding carboxylic acids is 1. The van der Waals surface area contributed by atoms with Crippen molar-refractivity contribution in [1.82, 2.24) is 25.1 Å². The van der Waals surface area contributed by atoms with Crippen LogP contribution in [0.25, 0.3) is 0 Å². The van der Waals surface area contributed by atoms with Gasteiger partial charge in [-0.05, 0) is 7.05 Å². The summed E-state index contributed by atoms with van der Waals surface area (Å²) in [6, 6.07) is -0.0660. The Morgan fingerprint density at radius 1 is 1.65 bits per heavy atom. The number of likely N-dealkylation sites (N-methyl/N-ethyl adjacent to an activating group) is 2. The van der Waals surface area contributed by atoms with E-state index in [0.29, 0.717) is 0 Å². The van der Waals surface area contributed by atoms with E-state index in [1.54, 1.807) is 13.2 Å². The van der Waals surface area contributed by atoms with Crippen molar-refractivity contribution in [1.29, 1.82) is 0 Å². The van der Waals surface area contributed by atoms with Crippen LogP contribution in [0.4, 0.5) is 0 Å². The molecule has 0 spiro atoms. The van der Waals surface area contributed by atoms with Crippen molar-refractivity contribution in [2.75, 3.05) is 33.7 Å². The molecule has 94 valence electrons. The lowest BCUT2D eigenvalue weighted by atomic mass is 10.1. The maximum Gasteiger partial charge on any atom is 0.238 e. The number of H-pyrrole nitrogens is 1. The van der Waals surface area contributed by atoms with Crippen molar-refractivity contribution < 1.29 is 4.79 Å². The molecule has 0 aliphatic carbocycles. The molecule has 0 unspecified atom stereocenters. The molecule has 1 saturated heterocycles. The average molecular weight is 237 g/mol. The molecule has 2 N–H and O–H groups in total. The van der Waals surface area contributed by atoms with Crippen molar-refractivity contribution in [3.8, 4) is 0 Å². The number of nitrogens with zero attached hydrogens (tertiary/aromatic N) is 3. The number of amides is 1. The minimum Gasteiger partial charge on any atom is -0.358 e. The van der Waals surface area contributed by atoms with Gasteiger partial charge in [-0.1, -0.05) is 0 Å². The van der Waals surface area contributed by atoms with Crippen LogP contribution in [0.1, 0.15) is 5.82 Å². The highest BCUT2D eigenvalue weighted by Gasteiger charge is 2.29. The Morgan fingerprint density at radius 3 is 3.12 bits per heavy atom. The lowest BCUT2D eigenvalue weighted by Crippen LogP contribution is -2.56. The summed E-state index contributed by atoms with van der Waals surface area (Å²) in [5.74, 6) is 1.03. The maximum atomic E-state index is 11.7. The molecule has 0 saturated carbocycles. The van der Waals surface area contributed by atoms with Crippen molar-refractivity contribution in [2.45, 2.75) is 12.6 Å². The summed E-state index contributed by atoms with van der Waals surface area (Å²) in [6.45, 7) is 3.38. The van der Waals surface area contributed by atoms with Crippen LogP contribution in [0.15, 0.2) is 12.4 Å². The number of aromatic amines is 1. The van der Waals surface area contributed by atoms with E-state index in [9.17, 15) is 4.79 Å². The second kappa shape index (κ2) is 5.29. The molecule has 2 rings (SSSR count). The summed E-state index contributed by atoms with van der Waals surface area (Å²) < 4.78 is 0. The summed E-state index contributed by atoms with van der Waals surface area (Å²) >= 11 is 0. The van der Waals surface area contributed by atoms with Gasteiger partial charge in [0.15, 0.2) is 0 Å². The van der Waals surface area contributed by atoms with Crippen LogP contribution in [0.3, 0.4) is 0 Å². The van der Waals surface area contributed by atoms with E-state index >= 15 is 0 Å². The zero-order valence-electron chi connectivity index (χ0n) is 10.3. The third-order valence-corrected chi connectivity index (χ3v) is 3.21. The number of hydrogen-bond acceptors (Lipinski definition) is 4. The monoisotopic (exact) mass is 237 g/mol. The largest absolute Gasteiger partial charge is 0.358 e. The topological polar surface area (TPSA) is 64.3 Å². The zero-order chi connectivity index (χ0) is 12.3. The molecule has 0 radical (unpaired) electrons. The predicted molar refractivity (Wildman–Crippen MR) is 64.3 cm³/mol. The molecule has 6 heteroatoms. The molecule has 1 aliphatic rings. The van der Waals surface area contributed by atoms with Gasteiger partial charge in [0.25, 0.3) is 0 Å². The molecule has 2 heterocycles.